The Kier molecular flexibility index (Phi) is 9.81. The second-order valence-electron chi connectivity index (χ2n) is 11.4. The molecule has 10 heteroatoms. The lowest BCUT2D eigenvalue weighted by atomic mass is 9.95. The van der Waals surface area contributed by atoms with Gasteiger partial charge in [-0.15, -0.1) is 0 Å². The highest BCUT2D eigenvalue weighted by Crippen LogP contribution is 2.61. The van der Waals surface area contributed by atoms with Gasteiger partial charge in [-0.05, 0) is 16.7 Å². The number of carbonyl (C=O) groups is 1. The van der Waals surface area contributed by atoms with Crippen LogP contribution in [0.25, 0.3) is 0 Å². The van der Waals surface area contributed by atoms with Gasteiger partial charge in [-0.3, -0.25) is 4.79 Å². The quantitative estimate of drug-likeness (QED) is 0.202. The molecule has 0 aliphatic carbocycles. The molecule has 0 radical (unpaired) electrons. The molecule has 0 aromatic heterocycles. The zero-order valence-electron chi connectivity index (χ0n) is 25.3. The number of amides is 1. The maximum atomic E-state index is 12.6. The lowest BCUT2D eigenvalue weighted by Gasteiger charge is -2.49. The van der Waals surface area contributed by atoms with Crippen molar-refractivity contribution in [1.29, 1.82) is 0 Å². The van der Waals surface area contributed by atoms with Crippen LogP contribution in [-0.4, -0.2) is 43.2 Å². The highest BCUT2D eigenvalue weighted by Gasteiger charge is 2.54. The third-order valence-electron chi connectivity index (χ3n) is 8.18. The fourth-order valence-electron chi connectivity index (χ4n) is 5.99. The number of benzene rings is 4. The van der Waals surface area contributed by atoms with Gasteiger partial charge >= 0.3 is 8.60 Å². The largest absolute Gasteiger partial charge is 0.346 e. The minimum atomic E-state index is -1.90. The van der Waals surface area contributed by atoms with Gasteiger partial charge in [0.05, 0.1) is 13.2 Å². The zero-order valence-corrected chi connectivity index (χ0v) is 26.2. The summed E-state index contributed by atoms with van der Waals surface area (Å²) in [7, 11) is -1.90. The first kappa shape index (κ1) is 31.1. The average Bonchev–Trinajstić information content (AvgIpc) is 3.54. The molecule has 3 heterocycles. The van der Waals surface area contributed by atoms with Gasteiger partial charge < -0.3 is 37.8 Å². The van der Waals surface area contributed by atoms with E-state index in [4.69, 9.17) is 32.5 Å². The minimum absolute atomic E-state index is 0.237. The van der Waals surface area contributed by atoms with Crippen molar-refractivity contribution in [2.45, 2.75) is 62.7 Å². The van der Waals surface area contributed by atoms with Crippen molar-refractivity contribution in [3.63, 3.8) is 0 Å². The molecular weight excluding hydrogens is 605 g/mol. The number of ether oxygens (including phenoxy) is 4. The zero-order chi connectivity index (χ0) is 31.3. The first-order valence-electron chi connectivity index (χ1n) is 15.4. The van der Waals surface area contributed by atoms with Crippen LogP contribution in [-0.2, 0) is 43.9 Å². The van der Waals surface area contributed by atoms with E-state index in [2.05, 4.69) is 5.32 Å². The van der Waals surface area contributed by atoms with Gasteiger partial charge in [0.15, 0.2) is 12.6 Å². The monoisotopic (exact) mass is 641 g/mol. The molecule has 8 atom stereocenters. The second kappa shape index (κ2) is 14.5. The first-order valence-corrected chi connectivity index (χ1v) is 16.5. The van der Waals surface area contributed by atoms with E-state index in [-0.39, 0.29) is 19.1 Å². The Morgan fingerprint density at radius 3 is 1.87 bits per heavy atom. The number of hydrogen-bond donors (Lipinski definition) is 1. The number of carbonyl (C=O) groups excluding carboxylic acids is 1. The first-order chi connectivity index (χ1) is 22.6. The van der Waals surface area contributed by atoms with Gasteiger partial charge in [-0.2, -0.15) is 0 Å². The Labute approximate surface area is 269 Å². The van der Waals surface area contributed by atoms with Gasteiger partial charge in [-0.25, -0.2) is 0 Å². The Morgan fingerprint density at radius 2 is 1.30 bits per heavy atom. The summed E-state index contributed by atoms with van der Waals surface area (Å²) in [5, 5.41) is 3.03. The van der Waals surface area contributed by atoms with Crippen LogP contribution in [0.3, 0.4) is 0 Å². The van der Waals surface area contributed by atoms with Crippen molar-refractivity contribution >= 4 is 14.5 Å². The molecular formula is C36H36NO8P. The summed E-state index contributed by atoms with van der Waals surface area (Å²) < 4.78 is 45.4. The SMILES string of the molecule is CC(=O)N[C@H]1[C@@H](OCc2ccccc2)O[C@@H]2COC(c3ccccc3)O[C@H]2[C@@H]1OP1O[C@@H](c2ccccc2)[C@H](c2ccccc2)O1. The van der Waals surface area contributed by atoms with Crippen molar-refractivity contribution in [3.8, 4) is 0 Å². The normalized spacial score (nSPS) is 29.6. The number of rotatable bonds is 9. The molecule has 4 aromatic carbocycles. The lowest BCUT2D eigenvalue weighted by Crippen LogP contribution is -2.67. The molecule has 0 bridgehead atoms. The summed E-state index contributed by atoms with van der Waals surface area (Å²) in [6.07, 6.45) is -4.23. The van der Waals surface area contributed by atoms with Crippen LogP contribution < -0.4 is 5.32 Å². The minimum Gasteiger partial charge on any atom is -0.346 e. The topological polar surface area (TPSA) is 93.7 Å². The van der Waals surface area contributed by atoms with Crippen LogP contribution in [0.1, 0.15) is 47.7 Å². The summed E-state index contributed by atoms with van der Waals surface area (Å²) >= 11 is 0. The van der Waals surface area contributed by atoms with E-state index in [9.17, 15) is 4.79 Å². The molecule has 1 unspecified atom stereocenters. The van der Waals surface area contributed by atoms with Gasteiger partial charge in [-0.1, -0.05) is 121 Å². The van der Waals surface area contributed by atoms with E-state index in [0.29, 0.717) is 0 Å². The summed E-state index contributed by atoms with van der Waals surface area (Å²) in [5.41, 5.74) is 3.79. The van der Waals surface area contributed by atoms with Crippen LogP contribution in [0.15, 0.2) is 121 Å². The predicted molar refractivity (Wildman–Crippen MR) is 170 cm³/mol. The van der Waals surface area contributed by atoms with Crippen LogP contribution in [0.2, 0.25) is 0 Å². The molecule has 1 amide bonds. The standard InChI is InChI=1S/C36H36NO8P/c1-24(38)37-30-34(45-46-43-31(26-16-8-3-9-17-26)32(44-46)27-18-10-4-11-19-27)33-29(23-40-35(42-33)28-20-12-5-13-21-28)41-36(30)39-22-25-14-6-2-7-15-25/h2-21,29-36H,22-23H2,1H3,(H,37,38)/t29-,30-,31+,32+,33-,34-,35?,36+/m1/s1. The van der Waals surface area contributed by atoms with E-state index in [0.717, 1.165) is 22.3 Å². The van der Waals surface area contributed by atoms with E-state index in [1.165, 1.54) is 6.92 Å². The maximum absolute atomic E-state index is 12.6. The van der Waals surface area contributed by atoms with E-state index in [1.54, 1.807) is 0 Å². The Hall–Kier alpha value is -3.50. The summed E-state index contributed by atoms with van der Waals surface area (Å²) in [6, 6.07) is 38.7. The Morgan fingerprint density at radius 1 is 0.761 bits per heavy atom. The maximum Gasteiger partial charge on any atom is 0.334 e. The van der Waals surface area contributed by atoms with E-state index >= 15 is 0 Å². The molecule has 3 aliphatic heterocycles. The van der Waals surface area contributed by atoms with Crippen molar-refractivity contribution in [1.82, 2.24) is 5.32 Å². The van der Waals surface area contributed by atoms with Crippen LogP contribution >= 0.6 is 8.60 Å². The molecule has 3 aliphatic rings. The number of nitrogens with one attached hydrogen (secondary N) is 1. The fourth-order valence-corrected chi connectivity index (χ4v) is 7.42. The molecule has 7 rings (SSSR count). The Bertz CT molecular complexity index is 1500. The Balaban J connectivity index is 1.19. The second-order valence-corrected chi connectivity index (χ2v) is 12.5. The van der Waals surface area contributed by atoms with Crippen LogP contribution in [0.4, 0.5) is 0 Å². The van der Waals surface area contributed by atoms with Crippen LogP contribution in [0.5, 0.6) is 0 Å². The van der Waals surface area contributed by atoms with Crippen molar-refractivity contribution in [2.24, 2.45) is 0 Å². The van der Waals surface area contributed by atoms with Crippen molar-refractivity contribution < 1.29 is 37.3 Å². The highest BCUT2D eigenvalue weighted by atomic mass is 31.2. The van der Waals surface area contributed by atoms with E-state index < -0.39 is 57.7 Å². The molecule has 1 N–H and O–H groups in total. The van der Waals surface area contributed by atoms with Gasteiger partial charge in [0.2, 0.25) is 5.91 Å². The van der Waals surface area contributed by atoms with Gasteiger partial charge in [0.25, 0.3) is 0 Å². The number of hydrogen-bond acceptors (Lipinski definition) is 8. The third kappa shape index (κ3) is 7.08. The molecule has 0 spiro atoms. The smallest absolute Gasteiger partial charge is 0.334 e. The lowest BCUT2D eigenvalue weighted by molar-refractivity contribution is -0.343. The summed E-state index contributed by atoms with van der Waals surface area (Å²) in [4.78, 5) is 12.6. The van der Waals surface area contributed by atoms with Gasteiger partial charge in [0.1, 0.15) is 36.6 Å². The third-order valence-corrected chi connectivity index (χ3v) is 9.39. The fraction of sp³-hybridized carbons (Fsp3) is 0.306. The molecule has 0 saturated carbocycles. The predicted octanol–water partition coefficient (Wildman–Crippen LogP) is 6.69. The molecule has 3 fully saturated rings. The summed E-state index contributed by atoms with van der Waals surface area (Å²) in [6.45, 7) is 1.97. The highest BCUT2D eigenvalue weighted by molar-refractivity contribution is 7.42. The summed E-state index contributed by atoms with van der Waals surface area (Å²) in [5.74, 6) is -0.258. The van der Waals surface area contributed by atoms with Crippen molar-refractivity contribution in [3.05, 3.63) is 144 Å². The average molecular weight is 642 g/mol. The molecule has 238 valence electrons. The molecule has 4 aromatic rings. The molecule has 46 heavy (non-hydrogen) atoms. The molecule has 3 saturated heterocycles. The van der Waals surface area contributed by atoms with Gasteiger partial charge in [0, 0.05) is 12.5 Å². The number of fused-ring (bicyclic) bond motifs is 1. The van der Waals surface area contributed by atoms with E-state index in [1.807, 2.05) is 121 Å². The van der Waals surface area contributed by atoms with Crippen molar-refractivity contribution in [2.75, 3.05) is 6.61 Å². The molecule has 9 nitrogen and oxygen atoms in total. The van der Waals surface area contributed by atoms with Crippen LogP contribution in [0, 0.1) is 0 Å².